The van der Waals surface area contributed by atoms with Gasteiger partial charge in [0, 0.05) is 12.6 Å². The third-order valence-corrected chi connectivity index (χ3v) is 3.46. The third kappa shape index (κ3) is 1.78. The van der Waals surface area contributed by atoms with Crippen LogP contribution in [0, 0.1) is 0 Å². The predicted octanol–water partition coefficient (Wildman–Crippen LogP) is 0.725. The number of aliphatic hydroxyl groups excluding tert-OH is 2. The topological polar surface area (TPSA) is 80.4 Å². The number of hydrogen-bond donors (Lipinski definition) is 2. The Balaban J connectivity index is 1.99. The first-order chi connectivity index (χ1) is 8.70. The summed E-state index contributed by atoms with van der Waals surface area (Å²) in [4.78, 5) is 8.07. The molecule has 1 saturated heterocycles. The second-order valence-corrected chi connectivity index (χ2v) is 4.60. The zero-order valence-corrected chi connectivity index (χ0v) is 10.2. The van der Waals surface area contributed by atoms with Crippen molar-refractivity contribution in [2.24, 2.45) is 0 Å². The van der Waals surface area contributed by atoms with E-state index in [2.05, 4.69) is 9.97 Å². The van der Waals surface area contributed by atoms with Crippen molar-refractivity contribution >= 4 is 22.6 Å². The van der Waals surface area contributed by atoms with Gasteiger partial charge >= 0.3 is 0 Å². The van der Waals surface area contributed by atoms with Crippen LogP contribution in [0.4, 0.5) is 0 Å². The minimum Gasteiger partial charge on any atom is -0.394 e. The van der Waals surface area contributed by atoms with Crippen molar-refractivity contribution in [1.29, 1.82) is 0 Å². The highest BCUT2D eigenvalue weighted by Crippen LogP contribution is 2.32. The van der Waals surface area contributed by atoms with Crippen LogP contribution in [0.2, 0.25) is 5.15 Å². The van der Waals surface area contributed by atoms with Gasteiger partial charge in [0.05, 0.1) is 18.1 Å². The van der Waals surface area contributed by atoms with E-state index in [0.29, 0.717) is 17.2 Å². The molecule has 0 spiro atoms. The monoisotopic (exact) mass is 269 g/mol. The Morgan fingerprint density at radius 1 is 1.50 bits per heavy atom. The van der Waals surface area contributed by atoms with Gasteiger partial charge in [0.2, 0.25) is 0 Å². The van der Waals surface area contributed by atoms with E-state index in [1.165, 1.54) is 6.33 Å². The smallest absolute Gasteiger partial charge is 0.146 e. The summed E-state index contributed by atoms with van der Waals surface area (Å²) in [5.41, 5.74) is 0.658. The molecule has 2 N–H and O–H groups in total. The molecule has 0 aliphatic carbocycles. The van der Waals surface area contributed by atoms with Gasteiger partial charge in [-0.25, -0.2) is 9.97 Å². The predicted molar refractivity (Wildman–Crippen MR) is 64.2 cm³/mol. The molecule has 96 valence electrons. The van der Waals surface area contributed by atoms with Crippen LogP contribution in [0.15, 0.2) is 18.6 Å². The number of ether oxygens (including phenoxy) is 1. The molecule has 0 bridgehead atoms. The van der Waals surface area contributed by atoms with Gasteiger partial charge in [-0.3, -0.25) is 0 Å². The summed E-state index contributed by atoms with van der Waals surface area (Å²) in [6.45, 7) is -0.202. The molecule has 0 aromatic carbocycles. The van der Waals surface area contributed by atoms with Crippen molar-refractivity contribution < 1.29 is 14.9 Å². The zero-order chi connectivity index (χ0) is 12.7. The van der Waals surface area contributed by atoms with Crippen LogP contribution in [0.1, 0.15) is 12.6 Å². The van der Waals surface area contributed by atoms with E-state index in [0.717, 1.165) is 5.39 Å². The number of halogens is 1. The highest BCUT2D eigenvalue weighted by atomic mass is 35.5. The van der Waals surface area contributed by atoms with Crippen molar-refractivity contribution in [2.75, 3.05) is 6.61 Å². The molecular formula is C11H12ClN3O3. The van der Waals surface area contributed by atoms with Crippen LogP contribution >= 0.6 is 11.6 Å². The summed E-state index contributed by atoms with van der Waals surface area (Å²) in [5.74, 6) is 0. The molecule has 1 fully saturated rings. The average Bonchev–Trinajstić information content (AvgIpc) is 2.93. The normalized spacial score (nSPS) is 28.1. The van der Waals surface area contributed by atoms with Crippen molar-refractivity contribution in [3.8, 4) is 0 Å². The minimum absolute atomic E-state index is 0.202. The van der Waals surface area contributed by atoms with Crippen LogP contribution in [-0.2, 0) is 4.74 Å². The molecule has 3 atom stereocenters. The maximum absolute atomic E-state index is 9.73. The van der Waals surface area contributed by atoms with E-state index in [1.54, 1.807) is 16.8 Å². The second-order valence-electron chi connectivity index (χ2n) is 4.24. The molecule has 0 amide bonds. The van der Waals surface area contributed by atoms with Gasteiger partial charge in [-0.1, -0.05) is 11.6 Å². The molecule has 1 aliphatic heterocycles. The molecule has 0 saturated carbocycles. The van der Waals surface area contributed by atoms with Crippen LogP contribution in [0.3, 0.4) is 0 Å². The molecular weight excluding hydrogens is 258 g/mol. The zero-order valence-electron chi connectivity index (χ0n) is 9.40. The van der Waals surface area contributed by atoms with Gasteiger partial charge in [0.1, 0.15) is 29.5 Å². The van der Waals surface area contributed by atoms with Crippen LogP contribution < -0.4 is 0 Å². The van der Waals surface area contributed by atoms with Gasteiger partial charge in [0.25, 0.3) is 0 Å². The molecule has 1 aliphatic rings. The Morgan fingerprint density at radius 2 is 2.33 bits per heavy atom. The van der Waals surface area contributed by atoms with E-state index in [4.69, 9.17) is 21.4 Å². The van der Waals surface area contributed by atoms with Gasteiger partial charge < -0.3 is 19.5 Å². The number of rotatable bonds is 2. The Labute approximate surface area is 108 Å². The molecule has 18 heavy (non-hydrogen) atoms. The lowest BCUT2D eigenvalue weighted by Crippen LogP contribution is -2.24. The summed E-state index contributed by atoms with van der Waals surface area (Å²) < 4.78 is 7.37. The summed E-state index contributed by atoms with van der Waals surface area (Å²) in [7, 11) is 0. The fraction of sp³-hybridized carbons (Fsp3) is 0.455. The standard InChI is InChI=1S/C11H12ClN3O3/c12-10-6-1-2-15(11(6)14-5-13-10)9-3-7(17)8(4-16)18-9/h1-2,5,7-9,16-17H,3-4H2/t7?,8-,9-/m1/s1. The number of aliphatic hydroxyl groups is 2. The lowest BCUT2D eigenvalue weighted by Gasteiger charge is -2.14. The largest absolute Gasteiger partial charge is 0.394 e. The summed E-state index contributed by atoms with van der Waals surface area (Å²) in [6, 6.07) is 1.81. The number of nitrogens with zero attached hydrogens (tertiary/aromatic N) is 3. The lowest BCUT2D eigenvalue weighted by molar-refractivity contribution is -0.0430. The highest BCUT2D eigenvalue weighted by Gasteiger charge is 2.34. The van der Waals surface area contributed by atoms with E-state index >= 15 is 0 Å². The Hall–Kier alpha value is -1.21. The lowest BCUT2D eigenvalue weighted by atomic mass is 10.2. The highest BCUT2D eigenvalue weighted by molar-refractivity contribution is 6.33. The van der Waals surface area contributed by atoms with Crippen LogP contribution in [0.5, 0.6) is 0 Å². The Bertz CT molecular complexity index is 574. The fourth-order valence-corrected chi connectivity index (χ4v) is 2.41. The Kier molecular flexibility index (Phi) is 2.95. The maximum atomic E-state index is 9.73. The first-order valence-corrected chi connectivity index (χ1v) is 6.00. The summed E-state index contributed by atoms with van der Waals surface area (Å²) >= 11 is 5.97. The van der Waals surface area contributed by atoms with E-state index < -0.39 is 12.2 Å². The third-order valence-electron chi connectivity index (χ3n) is 3.15. The SMILES string of the molecule is OC[C@H]1O[C@@H](n2ccc3c(Cl)ncnc32)CC1O. The molecule has 2 aromatic rings. The van der Waals surface area contributed by atoms with Gasteiger partial charge in [-0.15, -0.1) is 0 Å². The number of aromatic nitrogens is 3. The maximum Gasteiger partial charge on any atom is 0.146 e. The van der Waals surface area contributed by atoms with Crippen LogP contribution in [0.25, 0.3) is 11.0 Å². The summed E-state index contributed by atoms with van der Waals surface area (Å²) in [5, 5.41) is 19.9. The van der Waals surface area contributed by atoms with E-state index in [1.807, 2.05) is 0 Å². The van der Waals surface area contributed by atoms with E-state index in [-0.39, 0.29) is 12.8 Å². The Morgan fingerprint density at radius 3 is 3.06 bits per heavy atom. The fourth-order valence-electron chi connectivity index (χ4n) is 2.22. The van der Waals surface area contributed by atoms with Gasteiger partial charge in [0.15, 0.2) is 0 Å². The molecule has 2 aromatic heterocycles. The molecule has 3 rings (SSSR count). The minimum atomic E-state index is -0.672. The van der Waals surface area contributed by atoms with Gasteiger partial charge in [-0.05, 0) is 6.07 Å². The van der Waals surface area contributed by atoms with Crippen molar-refractivity contribution in [3.05, 3.63) is 23.7 Å². The van der Waals surface area contributed by atoms with Crippen molar-refractivity contribution in [1.82, 2.24) is 14.5 Å². The van der Waals surface area contributed by atoms with Gasteiger partial charge in [-0.2, -0.15) is 0 Å². The summed E-state index contributed by atoms with van der Waals surface area (Å²) in [6.07, 6.45) is 2.02. The number of fused-ring (bicyclic) bond motifs is 1. The van der Waals surface area contributed by atoms with E-state index in [9.17, 15) is 5.11 Å². The first-order valence-electron chi connectivity index (χ1n) is 5.62. The van der Waals surface area contributed by atoms with Crippen molar-refractivity contribution in [3.63, 3.8) is 0 Å². The molecule has 7 heteroatoms. The average molecular weight is 270 g/mol. The molecule has 0 radical (unpaired) electrons. The quantitative estimate of drug-likeness (QED) is 0.786. The second kappa shape index (κ2) is 4.47. The molecule has 6 nitrogen and oxygen atoms in total. The number of hydrogen-bond acceptors (Lipinski definition) is 5. The molecule has 1 unspecified atom stereocenters. The van der Waals surface area contributed by atoms with Crippen molar-refractivity contribution in [2.45, 2.75) is 24.9 Å². The van der Waals surface area contributed by atoms with Crippen LogP contribution in [-0.4, -0.2) is 43.6 Å². The molecule has 3 heterocycles. The first kappa shape index (κ1) is 11.9.